The molecule has 5 heteroatoms. The number of aryl methyl sites for hydroxylation is 1. The molecule has 5 nitrogen and oxygen atoms in total. The molecule has 0 saturated carbocycles. The van der Waals surface area contributed by atoms with Crippen molar-refractivity contribution < 1.29 is 14.4 Å². The highest BCUT2D eigenvalue weighted by Crippen LogP contribution is 2.06. The number of carbonyl (C=O) groups excluding carboxylic acids is 1. The molecule has 0 bridgehead atoms. The summed E-state index contributed by atoms with van der Waals surface area (Å²) in [5.74, 6) is 0.418. The van der Waals surface area contributed by atoms with Crippen molar-refractivity contribution >= 4 is 5.91 Å². The summed E-state index contributed by atoms with van der Waals surface area (Å²) in [6.45, 7) is 4.62. The predicted molar refractivity (Wildman–Crippen MR) is 54.5 cm³/mol. The highest BCUT2D eigenvalue weighted by atomic mass is 16.5. The Balaban J connectivity index is 2.71. The molecule has 0 aliphatic rings. The number of aromatic nitrogens is 1. The van der Waals surface area contributed by atoms with Gasteiger partial charge in [0.1, 0.15) is 5.76 Å². The molecule has 0 unspecified atom stereocenters. The highest BCUT2D eigenvalue weighted by molar-refractivity contribution is 5.92. The van der Waals surface area contributed by atoms with Gasteiger partial charge in [-0.1, -0.05) is 12.1 Å². The van der Waals surface area contributed by atoms with E-state index in [0.717, 1.165) is 6.42 Å². The van der Waals surface area contributed by atoms with E-state index in [1.165, 1.54) is 0 Å². The number of aliphatic hydroxyl groups is 1. The molecule has 1 aromatic heterocycles. The van der Waals surface area contributed by atoms with Crippen LogP contribution in [0.3, 0.4) is 0 Å². The second-order valence-corrected chi connectivity index (χ2v) is 3.34. The maximum atomic E-state index is 11.8. The van der Waals surface area contributed by atoms with Gasteiger partial charge in [0.25, 0.3) is 5.91 Å². The molecular weight excluding hydrogens is 196 g/mol. The third kappa shape index (κ3) is 3.06. The summed E-state index contributed by atoms with van der Waals surface area (Å²) in [7, 11) is 0. The van der Waals surface area contributed by atoms with E-state index in [1.807, 2.05) is 6.92 Å². The van der Waals surface area contributed by atoms with Gasteiger partial charge in [-0.15, -0.1) is 0 Å². The van der Waals surface area contributed by atoms with Crippen LogP contribution in [0.15, 0.2) is 10.6 Å². The van der Waals surface area contributed by atoms with Crippen LogP contribution >= 0.6 is 0 Å². The monoisotopic (exact) mass is 212 g/mol. The second-order valence-electron chi connectivity index (χ2n) is 3.34. The van der Waals surface area contributed by atoms with Crippen LogP contribution in [0.4, 0.5) is 0 Å². The Labute approximate surface area is 88.7 Å². The van der Waals surface area contributed by atoms with Crippen molar-refractivity contribution in [3.63, 3.8) is 0 Å². The van der Waals surface area contributed by atoms with E-state index in [4.69, 9.17) is 9.63 Å². The summed E-state index contributed by atoms with van der Waals surface area (Å²) < 4.78 is 4.83. The van der Waals surface area contributed by atoms with Crippen molar-refractivity contribution in [1.29, 1.82) is 0 Å². The van der Waals surface area contributed by atoms with Gasteiger partial charge >= 0.3 is 0 Å². The van der Waals surface area contributed by atoms with Crippen molar-refractivity contribution in [3.8, 4) is 0 Å². The van der Waals surface area contributed by atoms with Crippen LogP contribution in [0.1, 0.15) is 29.6 Å². The number of carbonyl (C=O) groups is 1. The van der Waals surface area contributed by atoms with Gasteiger partial charge in [0.15, 0.2) is 5.69 Å². The van der Waals surface area contributed by atoms with Crippen molar-refractivity contribution in [2.75, 3.05) is 19.7 Å². The minimum Gasteiger partial charge on any atom is -0.395 e. The lowest BCUT2D eigenvalue weighted by atomic mass is 10.3. The Morgan fingerprint density at radius 1 is 1.60 bits per heavy atom. The Morgan fingerprint density at radius 3 is 2.80 bits per heavy atom. The Hall–Kier alpha value is -1.36. The average molecular weight is 212 g/mol. The summed E-state index contributed by atoms with van der Waals surface area (Å²) in [6, 6.07) is 1.60. The molecule has 1 N–H and O–H groups in total. The summed E-state index contributed by atoms with van der Waals surface area (Å²) in [6.07, 6.45) is 0.850. The second kappa shape index (κ2) is 5.50. The number of nitrogens with zero attached hydrogens (tertiary/aromatic N) is 2. The first-order valence-electron chi connectivity index (χ1n) is 5.02. The van der Waals surface area contributed by atoms with Gasteiger partial charge in [0.2, 0.25) is 0 Å². The zero-order chi connectivity index (χ0) is 11.3. The molecule has 0 saturated heterocycles. The van der Waals surface area contributed by atoms with Crippen molar-refractivity contribution in [3.05, 3.63) is 17.5 Å². The van der Waals surface area contributed by atoms with E-state index >= 15 is 0 Å². The molecule has 1 heterocycles. The largest absolute Gasteiger partial charge is 0.395 e. The Kier molecular flexibility index (Phi) is 4.30. The maximum absolute atomic E-state index is 11.8. The van der Waals surface area contributed by atoms with Crippen LogP contribution in [-0.4, -0.2) is 40.8 Å². The molecule has 0 aliphatic carbocycles. The van der Waals surface area contributed by atoms with Gasteiger partial charge in [-0.3, -0.25) is 4.79 Å². The fourth-order valence-electron chi connectivity index (χ4n) is 1.33. The van der Waals surface area contributed by atoms with Gasteiger partial charge in [-0.25, -0.2) is 0 Å². The first-order valence-corrected chi connectivity index (χ1v) is 5.02. The SMILES string of the molecule is CCCN(CCO)C(=O)c1cc(C)on1. The third-order valence-corrected chi connectivity index (χ3v) is 2.00. The van der Waals surface area contributed by atoms with Crippen LogP contribution in [0.5, 0.6) is 0 Å². The van der Waals surface area contributed by atoms with E-state index in [0.29, 0.717) is 24.5 Å². The highest BCUT2D eigenvalue weighted by Gasteiger charge is 2.17. The minimum atomic E-state index is -0.192. The van der Waals surface area contributed by atoms with E-state index in [-0.39, 0.29) is 12.5 Å². The van der Waals surface area contributed by atoms with Gasteiger partial charge in [0.05, 0.1) is 6.61 Å². The molecule has 84 valence electrons. The predicted octanol–water partition coefficient (Wildman–Crippen LogP) is 0.828. The summed E-state index contributed by atoms with van der Waals surface area (Å²) in [5.41, 5.74) is 0.300. The first-order chi connectivity index (χ1) is 7.19. The summed E-state index contributed by atoms with van der Waals surface area (Å²) in [4.78, 5) is 13.4. The molecule has 1 rings (SSSR count). The third-order valence-electron chi connectivity index (χ3n) is 2.00. The molecular formula is C10H16N2O3. The number of aliphatic hydroxyl groups excluding tert-OH is 1. The van der Waals surface area contributed by atoms with Gasteiger partial charge < -0.3 is 14.5 Å². The number of hydrogen-bond acceptors (Lipinski definition) is 4. The standard InChI is InChI=1S/C10H16N2O3/c1-3-4-12(5-6-13)10(14)9-7-8(2)15-11-9/h7,13H,3-6H2,1-2H3. The quantitative estimate of drug-likeness (QED) is 0.785. The van der Waals surface area contributed by atoms with Crippen molar-refractivity contribution in [2.24, 2.45) is 0 Å². The van der Waals surface area contributed by atoms with Gasteiger partial charge in [-0.2, -0.15) is 0 Å². The molecule has 0 aliphatic heterocycles. The molecule has 15 heavy (non-hydrogen) atoms. The summed E-state index contributed by atoms with van der Waals surface area (Å²) in [5, 5.41) is 12.5. The molecule has 1 aromatic rings. The molecule has 0 fully saturated rings. The zero-order valence-corrected chi connectivity index (χ0v) is 9.06. The van der Waals surface area contributed by atoms with Gasteiger partial charge in [-0.05, 0) is 13.3 Å². The van der Waals surface area contributed by atoms with E-state index in [9.17, 15) is 4.79 Å². The van der Waals surface area contributed by atoms with Crippen LogP contribution in [0.25, 0.3) is 0 Å². The van der Waals surface area contributed by atoms with Crippen molar-refractivity contribution in [1.82, 2.24) is 10.1 Å². The molecule has 1 amide bonds. The minimum absolute atomic E-state index is 0.0391. The average Bonchev–Trinajstić information content (AvgIpc) is 2.63. The maximum Gasteiger partial charge on any atom is 0.276 e. The van der Waals surface area contributed by atoms with Crippen LogP contribution in [-0.2, 0) is 0 Å². The number of rotatable bonds is 5. The van der Waals surface area contributed by atoms with Crippen LogP contribution in [0.2, 0.25) is 0 Å². The van der Waals surface area contributed by atoms with E-state index < -0.39 is 0 Å². The van der Waals surface area contributed by atoms with Crippen LogP contribution < -0.4 is 0 Å². The molecule has 0 atom stereocenters. The Morgan fingerprint density at radius 2 is 2.33 bits per heavy atom. The smallest absolute Gasteiger partial charge is 0.276 e. The first kappa shape index (κ1) is 11.7. The lowest BCUT2D eigenvalue weighted by molar-refractivity contribution is 0.0711. The lowest BCUT2D eigenvalue weighted by Crippen LogP contribution is -2.34. The molecule has 0 spiro atoms. The fourth-order valence-corrected chi connectivity index (χ4v) is 1.33. The molecule has 0 aromatic carbocycles. The lowest BCUT2D eigenvalue weighted by Gasteiger charge is -2.19. The van der Waals surface area contributed by atoms with Crippen LogP contribution in [0, 0.1) is 6.92 Å². The van der Waals surface area contributed by atoms with Crippen molar-refractivity contribution in [2.45, 2.75) is 20.3 Å². The summed E-state index contributed by atoms with van der Waals surface area (Å²) >= 11 is 0. The van der Waals surface area contributed by atoms with E-state index in [1.54, 1.807) is 17.9 Å². The molecule has 0 radical (unpaired) electrons. The normalized spacial score (nSPS) is 10.3. The Bertz CT molecular complexity index is 316. The topological polar surface area (TPSA) is 66.6 Å². The number of hydrogen-bond donors (Lipinski definition) is 1. The zero-order valence-electron chi connectivity index (χ0n) is 9.06. The number of amides is 1. The van der Waals surface area contributed by atoms with E-state index in [2.05, 4.69) is 5.16 Å². The fraction of sp³-hybridized carbons (Fsp3) is 0.600. The van der Waals surface area contributed by atoms with Gasteiger partial charge in [0, 0.05) is 19.2 Å².